The summed E-state index contributed by atoms with van der Waals surface area (Å²) in [6.07, 6.45) is 3.22. The second-order valence-corrected chi connectivity index (χ2v) is 9.00. The Bertz CT molecular complexity index is 962. The number of hydrogen-bond donors (Lipinski definition) is 3. The predicted molar refractivity (Wildman–Crippen MR) is 108 cm³/mol. The molecule has 0 aliphatic heterocycles. The van der Waals surface area contributed by atoms with E-state index < -0.39 is 6.03 Å². The number of nitrogens with one attached hydrogen (secondary N) is 3. The fraction of sp³-hybridized carbons (Fsp3) is 0.316. The van der Waals surface area contributed by atoms with Crippen molar-refractivity contribution >= 4 is 44.8 Å². The average molecular weight is 401 g/mol. The minimum Gasteiger partial charge on any atom is -0.330 e. The monoisotopic (exact) mass is 400 g/mol. The van der Waals surface area contributed by atoms with Gasteiger partial charge in [-0.15, -0.1) is 22.7 Å². The third kappa shape index (κ3) is 4.12. The molecule has 8 heteroatoms. The summed E-state index contributed by atoms with van der Waals surface area (Å²) in [6.45, 7) is 2.55. The molecule has 1 aliphatic rings. The number of carbonyl (C=O) groups excluding carboxylic acids is 2. The van der Waals surface area contributed by atoms with E-state index in [1.54, 1.807) is 0 Å². The molecule has 2 heterocycles. The van der Waals surface area contributed by atoms with E-state index in [0.717, 1.165) is 28.1 Å². The van der Waals surface area contributed by atoms with Gasteiger partial charge in [-0.1, -0.05) is 19.1 Å². The van der Waals surface area contributed by atoms with Gasteiger partial charge in [0.25, 0.3) is 5.91 Å². The minimum atomic E-state index is -0.461. The van der Waals surface area contributed by atoms with Crippen LogP contribution in [0.4, 0.5) is 4.79 Å². The van der Waals surface area contributed by atoms with Crippen LogP contribution < -0.4 is 16.2 Å². The molecule has 2 aromatic heterocycles. The van der Waals surface area contributed by atoms with Crippen molar-refractivity contribution < 1.29 is 9.59 Å². The van der Waals surface area contributed by atoms with Gasteiger partial charge in [-0.2, -0.15) is 0 Å². The van der Waals surface area contributed by atoms with Gasteiger partial charge in [-0.05, 0) is 48.9 Å². The lowest BCUT2D eigenvalue weighted by molar-refractivity contribution is 0.0940. The standard InChI is InChI=1S/C19H20N4O2S2/c1-11-6-7-14-12(8-11)9-16(26-14)18(24)22-23-19(25)20-10-17-21-13-4-2-3-5-15(13)27-17/h2-5,9,11H,6-8,10H2,1H3,(H,22,24)(H2,20,23,25). The molecule has 0 saturated heterocycles. The van der Waals surface area contributed by atoms with E-state index >= 15 is 0 Å². The van der Waals surface area contributed by atoms with Crippen molar-refractivity contribution in [3.05, 3.63) is 50.7 Å². The van der Waals surface area contributed by atoms with Gasteiger partial charge in [0.1, 0.15) is 5.01 Å². The maximum Gasteiger partial charge on any atom is 0.333 e. The van der Waals surface area contributed by atoms with E-state index in [-0.39, 0.29) is 5.91 Å². The molecule has 0 spiro atoms. The number of carbonyl (C=O) groups is 2. The summed E-state index contributed by atoms with van der Waals surface area (Å²) in [7, 11) is 0. The first-order valence-corrected chi connectivity index (χ1v) is 10.5. The summed E-state index contributed by atoms with van der Waals surface area (Å²) in [5.74, 6) is 0.381. The van der Waals surface area contributed by atoms with Crippen LogP contribution in [-0.4, -0.2) is 16.9 Å². The van der Waals surface area contributed by atoms with Crippen molar-refractivity contribution in [2.45, 2.75) is 32.7 Å². The molecular formula is C19H20N4O2S2. The quantitative estimate of drug-likeness (QED) is 0.587. The second kappa shape index (κ2) is 7.66. The second-order valence-electron chi connectivity index (χ2n) is 6.74. The summed E-state index contributed by atoms with van der Waals surface area (Å²) in [4.78, 5) is 30.6. The number of benzene rings is 1. The summed E-state index contributed by atoms with van der Waals surface area (Å²) in [5, 5.41) is 3.53. The number of hydrogen-bond acceptors (Lipinski definition) is 5. The Kier molecular flexibility index (Phi) is 5.09. The van der Waals surface area contributed by atoms with E-state index in [0.29, 0.717) is 17.3 Å². The van der Waals surface area contributed by atoms with Gasteiger partial charge < -0.3 is 5.32 Å². The molecule has 4 rings (SSSR count). The zero-order valence-electron chi connectivity index (χ0n) is 14.9. The Morgan fingerprint density at radius 2 is 2.07 bits per heavy atom. The number of amides is 3. The summed E-state index contributed by atoms with van der Waals surface area (Å²) in [5.41, 5.74) is 7.07. The van der Waals surface area contributed by atoms with Crippen LogP contribution in [0.1, 0.15) is 38.5 Å². The lowest BCUT2D eigenvalue weighted by Crippen LogP contribution is -2.46. The zero-order valence-corrected chi connectivity index (χ0v) is 16.5. The van der Waals surface area contributed by atoms with Crippen LogP contribution in [0, 0.1) is 5.92 Å². The predicted octanol–water partition coefficient (Wildman–Crippen LogP) is 3.63. The number of thiophene rings is 1. The summed E-state index contributed by atoms with van der Waals surface area (Å²) >= 11 is 3.05. The lowest BCUT2D eigenvalue weighted by atomic mass is 9.90. The molecule has 1 aromatic carbocycles. The SMILES string of the molecule is CC1CCc2sc(C(=O)NNC(=O)NCc3nc4ccccc4s3)cc2C1. The molecule has 1 unspecified atom stereocenters. The van der Waals surface area contributed by atoms with Gasteiger partial charge in [-0.25, -0.2) is 15.2 Å². The van der Waals surface area contributed by atoms with Crippen LogP contribution >= 0.6 is 22.7 Å². The highest BCUT2D eigenvalue weighted by molar-refractivity contribution is 7.18. The number of para-hydroxylation sites is 1. The fourth-order valence-corrected chi connectivity index (χ4v) is 5.20. The molecule has 1 aliphatic carbocycles. The van der Waals surface area contributed by atoms with E-state index in [4.69, 9.17) is 0 Å². The molecule has 3 aromatic rings. The van der Waals surface area contributed by atoms with Crippen LogP contribution in [0.3, 0.4) is 0 Å². The Hall–Kier alpha value is -2.45. The third-order valence-corrected chi connectivity index (χ3v) is 6.85. The molecule has 1 atom stereocenters. The third-order valence-electron chi connectivity index (χ3n) is 4.58. The van der Waals surface area contributed by atoms with Crippen molar-refractivity contribution in [1.82, 2.24) is 21.2 Å². The molecule has 3 N–H and O–H groups in total. The highest BCUT2D eigenvalue weighted by atomic mass is 32.1. The van der Waals surface area contributed by atoms with Crippen LogP contribution in [0.15, 0.2) is 30.3 Å². The van der Waals surface area contributed by atoms with E-state index in [1.165, 1.54) is 39.5 Å². The number of urea groups is 1. The van der Waals surface area contributed by atoms with Crippen LogP contribution in [-0.2, 0) is 19.4 Å². The van der Waals surface area contributed by atoms with Crippen molar-refractivity contribution in [1.29, 1.82) is 0 Å². The molecule has 27 heavy (non-hydrogen) atoms. The number of rotatable bonds is 3. The Morgan fingerprint density at radius 3 is 2.93 bits per heavy atom. The molecule has 6 nitrogen and oxygen atoms in total. The van der Waals surface area contributed by atoms with Crippen LogP contribution in [0.2, 0.25) is 0 Å². The largest absolute Gasteiger partial charge is 0.333 e. The van der Waals surface area contributed by atoms with Gasteiger partial charge in [-0.3, -0.25) is 10.2 Å². The van der Waals surface area contributed by atoms with Gasteiger partial charge in [0.05, 0.1) is 21.6 Å². The average Bonchev–Trinajstić information content (AvgIpc) is 3.27. The van der Waals surface area contributed by atoms with Gasteiger partial charge in [0, 0.05) is 4.88 Å². The van der Waals surface area contributed by atoms with Gasteiger partial charge >= 0.3 is 6.03 Å². The molecule has 140 valence electrons. The van der Waals surface area contributed by atoms with E-state index in [9.17, 15) is 9.59 Å². The molecule has 0 fully saturated rings. The van der Waals surface area contributed by atoms with Crippen molar-refractivity contribution in [3.8, 4) is 0 Å². The topological polar surface area (TPSA) is 83.1 Å². The summed E-state index contributed by atoms with van der Waals surface area (Å²) < 4.78 is 1.08. The van der Waals surface area contributed by atoms with Crippen LogP contribution in [0.5, 0.6) is 0 Å². The van der Waals surface area contributed by atoms with Crippen LogP contribution in [0.25, 0.3) is 10.2 Å². The van der Waals surface area contributed by atoms with Gasteiger partial charge in [0.15, 0.2) is 0 Å². The van der Waals surface area contributed by atoms with E-state index in [1.807, 2.05) is 30.3 Å². The smallest absolute Gasteiger partial charge is 0.330 e. The highest BCUT2D eigenvalue weighted by Crippen LogP contribution is 2.32. The summed E-state index contributed by atoms with van der Waals surface area (Å²) in [6, 6.07) is 9.33. The molecule has 0 saturated carbocycles. The highest BCUT2D eigenvalue weighted by Gasteiger charge is 2.20. The normalized spacial score (nSPS) is 16.0. The molecule has 3 amide bonds. The number of aromatic nitrogens is 1. The number of hydrazine groups is 1. The van der Waals surface area contributed by atoms with Crippen molar-refractivity contribution in [2.24, 2.45) is 5.92 Å². The molecular weight excluding hydrogens is 380 g/mol. The number of thiazole rings is 1. The molecule has 0 radical (unpaired) electrons. The first-order chi connectivity index (χ1) is 13.1. The maximum atomic E-state index is 12.3. The first-order valence-electron chi connectivity index (χ1n) is 8.88. The van der Waals surface area contributed by atoms with Crippen molar-refractivity contribution in [3.63, 3.8) is 0 Å². The van der Waals surface area contributed by atoms with Gasteiger partial charge in [0.2, 0.25) is 0 Å². The lowest BCUT2D eigenvalue weighted by Gasteiger charge is -2.16. The van der Waals surface area contributed by atoms with Crippen molar-refractivity contribution in [2.75, 3.05) is 0 Å². The first kappa shape index (κ1) is 17.9. The fourth-order valence-electron chi connectivity index (χ4n) is 3.19. The molecule has 0 bridgehead atoms. The minimum absolute atomic E-state index is 0.280. The number of nitrogens with zero attached hydrogens (tertiary/aromatic N) is 1. The Labute approximate surface area is 165 Å². The Balaban J connectivity index is 1.28. The zero-order chi connectivity index (χ0) is 18.8. The maximum absolute atomic E-state index is 12.3. The Morgan fingerprint density at radius 1 is 1.22 bits per heavy atom. The number of fused-ring (bicyclic) bond motifs is 2. The number of aryl methyl sites for hydroxylation is 1. The van der Waals surface area contributed by atoms with E-state index in [2.05, 4.69) is 28.1 Å².